The quantitative estimate of drug-likeness (QED) is 0.130. The molecule has 9 heteroatoms. The summed E-state index contributed by atoms with van der Waals surface area (Å²) in [6, 6.07) is 29.6. The topological polar surface area (TPSA) is 125 Å². The maximum atomic E-state index is 12.8. The molecule has 5 rings (SSSR count). The highest BCUT2D eigenvalue weighted by molar-refractivity contribution is 6.05. The summed E-state index contributed by atoms with van der Waals surface area (Å²) in [4.78, 5) is 44.5. The lowest BCUT2D eigenvalue weighted by molar-refractivity contribution is -0.134. The summed E-state index contributed by atoms with van der Waals surface area (Å²) in [5, 5.41) is 9.05. The number of H-pyrrole nitrogens is 1. The van der Waals surface area contributed by atoms with Crippen molar-refractivity contribution in [2.45, 2.75) is 13.0 Å². The van der Waals surface area contributed by atoms with Crippen molar-refractivity contribution in [2.24, 2.45) is 0 Å². The molecule has 0 aliphatic rings. The van der Waals surface area contributed by atoms with E-state index in [9.17, 15) is 14.4 Å². The Kier molecular flexibility index (Phi) is 8.69. The second-order valence-corrected chi connectivity index (χ2v) is 9.47. The van der Waals surface area contributed by atoms with Crippen LogP contribution >= 0.6 is 0 Å². The molecular weight excluding hydrogens is 530 g/mol. The Hall–Kier alpha value is -5.70. The maximum absolute atomic E-state index is 12.8. The lowest BCUT2D eigenvalue weighted by Gasteiger charge is -2.10. The van der Waals surface area contributed by atoms with Gasteiger partial charge < -0.3 is 25.7 Å². The first kappa shape index (κ1) is 27.9. The molecule has 0 aliphatic heterocycles. The third-order valence-corrected chi connectivity index (χ3v) is 6.49. The van der Waals surface area contributed by atoms with E-state index in [1.165, 1.54) is 13.2 Å². The fourth-order valence-corrected chi connectivity index (χ4v) is 4.25. The number of para-hydroxylation sites is 3. The highest BCUT2D eigenvalue weighted by atomic mass is 16.5. The highest BCUT2D eigenvalue weighted by Crippen LogP contribution is 2.20. The average Bonchev–Trinajstić information content (AvgIpc) is 3.43. The van der Waals surface area contributed by atoms with Crippen molar-refractivity contribution in [1.29, 1.82) is 0 Å². The zero-order chi connectivity index (χ0) is 29.3. The van der Waals surface area contributed by atoms with E-state index >= 15 is 0 Å². The fraction of sp³-hybridized carbons (Fsp3) is 0.0909. The second kappa shape index (κ2) is 13.1. The summed E-state index contributed by atoms with van der Waals surface area (Å²) < 4.78 is 4.62. The largest absolute Gasteiger partial charge is 0.466 e. The van der Waals surface area contributed by atoms with Gasteiger partial charge in [-0.2, -0.15) is 0 Å². The molecule has 0 atom stereocenters. The number of anilines is 3. The number of carbonyl (C=O) groups is 3. The number of methoxy groups -OCH3 is 1. The van der Waals surface area contributed by atoms with Crippen LogP contribution in [0.4, 0.5) is 17.3 Å². The van der Waals surface area contributed by atoms with Crippen LogP contribution in [0.15, 0.2) is 103 Å². The minimum Gasteiger partial charge on any atom is -0.466 e. The molecule has 1 aromatic heterocycles. The number of esters is 1. The third-order valence-electron chi connectivity index (χ3n) is 6.49. The predicted molar refractivity (Wildman–Crippen MR) is 163 cm³/mol. The Morgan fingerprint density at radius 1 is 0.857 bits per heavy atom. The fourth-order valence-electron chi connectivity index (χ4n) is 4.25. The summed E-state index contributed by atoms with van der Waals surface area (Å²) in [6.07, 6.45) is 3.06. The van der Waals surface area contributed by atoms with Crippen molar-refractivity contribution < 1.29 is 19.1 Å². The van der Waals surface area contributed by atoms with Crippen LogP contribution < -0.4 is 16.0 Å². The van der Waals surface area contributed by atoms with E-state index in [4.69, 9.17) is 0 Å². The molecule has 9 nitrogen and oxygen atoms in total. The van der Waals surface area contributed by atoms with Crippen molar-refractivity contribution in [2.75, 3.05) is 17.7 Å². The molecule has 4 N–H and O–H groups in total. The molecular formula is C33H29N5O4. The molecule has 4 aromatic carbocycles. The minimum atomic E-state index is -0.485. The van der Waals surface area contributed by atoms with Crippen LogP contribution in [0.3, 0.4) is 0 Å². The van der Waals surface area contributed by atoms with Gasteiger partial charge in [0.2, 0.25) is 11.9 Å². The molecule has 42 heavy (non-hydrogen) atoms. The van der Waals surface area contributed by atoms with Crippen LogP contribution in [-0.2, 0) is 27.3 Å². The van der Waals surface area contributed by atoms with E-state index in [0.29, 0.717) is 29.3 Å². The first-order valence-electron chi connectivity index (χ1n) is 13.3. The van der Waals surface area contributed by atoms with Crippen molar-refractivity contribution in [3.8, 4) is 0 Å². The number of carbonyl (C=O) groups excluding carboxylic acids is 3. The number of fused-ring (bicyclic) bond motifs is 1. The Morgan fingerprint density at radius 3 is 2.33 bits per heavy atom. The molecule has 210 valence electrons. The normalized spacial score (nSPS) is 10.9. The monoisotopic (exact) mass is 559 g/mol. The van der Waals surface area contributed by atoms with Gasteiger partial charge in [0.1, 0.15) is 0 Å². The van der Waals surface area contributed by atoms with Gasteiger partial charge in [0.25, 0.3) is 5.91 Å². The van der Waals surface area contributed by atoms with Crippen LogP contribution in [0.1, 0.15) is 27.0 Å². The van der Waals surface area contributed by atoms with Crippen molar-refractivity contribution in [3.63, 3.8) is 0 Å². The molecule has 0 unspecified atom stereocenters. The zero-order valence-corrected chi connectivity index (χ0v) is 22.9. The summed E-state index contributed by atoms with van der Waals surface area (Å²) >= 11 is 0. The number of aromatic amines is 1. The number of ether oxygens (including phenoxy) is 1. The Bertz CT molecular complexity index is 1710. The molecule has 1 heterocycles. The first-order valence-corrected chi connectivity index (χ1v) is 13.3. The van der Waals surface area contributed by atoms with Crippen LogP contribution in [0, 0.1) is 0 Å². The van der Waals surface area contributed by atoms with Gasteiger partial charge in [0.05, 0.1) is 24.6 Å². The van der Waals surface area contributed by atoms with Gasteiger partial charge >= 0.3 is 5.97 Å². The summed E-state index contributed by atoms with van der Waals surface area (Å²) in [6.45, 7) is 0.397. The molecule has 5 aromatic rings. The second-order valence-electron chi connectivity index (χ2n) is 9.47. The number of hydrogen-bond acceptors (Lipinski definition) is 6. The predicted octanol–water partition coefficient (Wildman–Crippen LogP) is 5.60. The smallest absolute Gasteiger partial charge is 0.330 e. The number of benzene rings is 4. The van der Waals surface area contributed by atoms with Crippen molar-refractivity contribution in [1.82, 2.24) is 15.3 Å². The number of aromatic nitrogens is 2. The van der Waals surface area contributed by atoms with Crippen molar-refractivity contribution in [3.05, 3.63) is 125 Å². The van der Waals surface area contributed by atoms with E-state index in [2.05, 4.69) is 30.7 Å². The van der Waals surface area contributed by atoms with E-state index in [1.54, 1.807) is 48.5 Å². The summed E-state index contributed by atoms with van der Waals surface area (Å²) in [7, 11) is 1.30. The van der Waals surface area contributed by atoms with Gasteiger partial charge in [-0.15, -0.1) is 0 Å². The summed E-state index contributed by atoms with van der Waals surface area (Å²) in [5.41, 5.74) is 6.17. The Balaban J connectivity index is 1.10. The van der Waals surface area contributed by atoms with Crippen LogP contribution in [0.2, 0.25) is 0 Å². The number of nitrogens with one attached hydrogen (secondary N) is 4. The molecule has 0 bridgehead atoms. The van der Waals surface area contributed by atoms with Gasteiger partial charge in [-0.05, 0) is 65.2 Å². The highest BCUT2D eigenvalue weighted by Gasteiger charge is 2.10. The molecule has 0 aliphatic carbocycles. The zero-order valence-electron chi connectivity index (χ0n) is 22.9. The van der Waals surface area contributed by atoms with Gasteiger partial charge in [-0.1, -0.05) is 54.6 Å². The van der Waals surface area contributed by atoms with Crippen LogP contribution in [-0.4, -0.2) is 34.9 Å². The molecule has 0 saturated carbocycles. The molecule has 0 fully saturated rings. The van der Waals surface area contributed by atoms with E-state index in [0.717, 1.165) is 27.8 Å². The number of nitrogens with zero attached hydrogens (tertiary/aromatic N) is 1. The van der Waals surface area contributed by atoms with E-state index in [1.807, 2.05) is 54.6 Å². The first-order chi connectivity index (χ1) is 20.5. The van der Waals surface area contributed by atoms with Gasteiger partial charge in [-0.3, -0.25) is 9.59 Å². The number of imidazole rings is 1. The SMILES string of the molecule is COC(=O)/C=C/c1ccccc1NC(=O)c1ccc(CC(=O)NCc2ccc(Nc3nc4ccccc4[nH]3)cc2)cc1. The van der Waals surface area contributed by atoms with Crippen LogP contribution in [0.25, 0.3) is 17.1 Å². The number of hydrogen-bond donors (Lipinski definition) is 4. The molecule has 0 radical (unpaired) electrons. The van der Waals surface area contributed by atoms with Crippen LogP contribution in [0.5, 0.6) is 0 Å². The lowest BCUT2D eigenvalue weighted by Crippen LogP contribution is -2.24. The van der Waals surface area contributed by atoms with Gasteiger partial charge in [0.15, 0.2) is 0 Å². The van der Waals surface area contributed by atoms with E-state index in [-0.39, 0.29) is 18.2 Å². The Labute approximate surface area is 242 Å². The number of rotatable bonds is 10. The average molecular weight is 560 g/mol. The molecule has 2 amide bonds. The van der Waals surface area contributed by atoms with Gasteiger partial charge in [0, 0.05) is 29.6 Å². The third kappa shape index (κ3) is 7.28. The van der Waals surface area contributed by atoms with Crippen molar-refractivity contribution >= 4 is 52.2 Å². The summed E-state index contributed by atoms with van der Waals surface area (Å²) in [5.74, 6) is -0.245. The molecule has 0 spiro atoms. The molecule has 0 saturated heterocycles. The standard InChI is InChI=1S/C33H29N5O4/c1-42-31(40)19-16-24-6-2-3-7-27(24)36-32(41)25-14-10-22(11-15-25)20-30(39)34-21-23-12-17-26(18-13-23)35-33-37-28-8-4-5-9-29(28)38-33/h2-19H,20-21H2,1H3,(H,34,39)(H,36,41)(H2,35,37,38)/b19-16+. The number of amides is 2. The lowest BCUT2D eigenvalue weighted by atomic mass is 10.1. The minimum absolute atomic E-state index is 0.122. The Morgan fingerprint density at radius 2 is 1.57 bits per heavy atom. The van der Waals surface area contributed by atoms with Gasteiger partial charge in [-0.25, -0.2) is 9.78 Å². The van der Waals surface area contributed by atoms with E-state index < -0.39 is 5.97 Å². The maximum Gasteiger partial charge on any atom is 0.330 e.